The molecule has 0 bridgehead atoms. The lowest BCUT2D eigenvalue weighted by Gasteiger charge is -2.06. The average molecular weight is 274 g/mol. The van der Waals surface area contributed by atoms with E-state index in [2.05, 4.69) is 26.2 Å². The lowest BCUT2D eigenvalue weighted by atomic mass is 10.2. The summed E-state index contributed by atoms with van der Waals surface area (Å²) in [5, 5.41) is 17.5. The van der Waals surface area contributed by atoms with Crippen molar-refractivity contribution in [3.05, 3.63) is 32.7 Å². The van der Waals surface area contributed by atoms with E-state index in [0.29, 0.717) is 5.69 Å². The van der Waals surface area contributed by atoms with Crippen LogP contribution in [0.2, 0.25) is 0 Å². The van der Waals surface area contributed by atoms with Gasteiger partial charge in [0.25, 0.3) is 0 Å². The Balaban J connectivity index is 2.33. The van der Waals surface area contributed by atoms with Gasteiger partial charge in [0.1, 0.15) is 6.10 Å². The van der Waals surface area contributed by atoms with Gasteiger partial charge in [0.15, 0.2) is 0 Å². The Labute approximate surface area is 93.3 Å². The second-order valence-electron chi connectivity index (χ2n) is 2.83. The SMILES string of the molecule is Cn1nncc1C(O)c1ccc(Br)s1. The number of hydrogen-bond donors (Lipinski definition) is 1. The van der Waals surface area contributed by atoms with Crippen molar-refractivity contribution in [2.24, 2.45) is 7.05 Å². The normalized spacial score (nSPS) is 13.1. The summed E-state index contributed by atoms with van der Waals surface area (Å²) in [5.74, 6) is 0. The molecule has 0 radical (unpaired) electrons. The average Bonchev–Trinajstić information content (AvgIpc) is 2.73. The van der Waals surface area contributed by atoms with E-state index in [0.717, 1.165) is 8.66 Å². The molecule has 2 rings (SSSR count). The summed E-state index contributed by atoms with van der Waals surface area (Å²) in [4.78, 5) is 0.877. The van der Waals surface area contributed by atoms with Crippen LogP contribution in [0.25, 0.3) is 0 Å². The fourth-order valence-corrected chi connectivity index (χ4v) is 2.59. The van der Waals surface area contributed by atoms with Crippen LogP contribution in [0.4, 0.5) is 0 Å². The molecule has 0 spiro atoms. The summed E-state index contributed by atoms with van der Waals surface area (Å²) >= 11 is 4.85. The first-order chi connectivity index (χ1) is 6.68. The molecule has 2 aromatic rings. The maximum Gasteiger partial charge on any atom is 0.131 e. The van der Waals surface area contributed by atoms with Gasteiger partial charge in [0.2, 0.25) is 0 Å². The molecule has 0 aliphatic carbocycles. The maximum atomic E-state index is 9.96. The number of nitrogens with zero attached hydrogens (tertiary/aromatic N) is 3. The van der Waals surface area contributed by atoms with Crippen molar-refractivity contribution in [1.82, 2.24) is 15.0 Å². The minimum atomic E-state index is -0.647. The summed E-state index contributed by atoms with van der Waals surface area (Å²) in [6.45, 7) is 0. The van der Waals surface area contributed by atoms with Crippen LogP contribution in [-0.2, 0) is 7.05 Å². The van der Waals surface area contributed by atoms with Gasteiger partial charge in [-0.05, 0) is 28.1 Å². The molecule has 0 aliphatic rings. The van der Waals surface area contributed by atoms with Gasteiger partial charge in [-0.3, -0.25) is 0 Å². The Morgan fingerprint density at radius 2 is 2.36 bits per heavy atom. The number of aromatic nitrogens is 3. The molecule has 0 amide bonds. The van der Waals surface area contributed by atoms with Crippen molar-refractivity contribution >= 4 is 27.3 Å². The Morgan fingerprint density at radius 3 is 2.86 bits per heavy atom. The van der Waals surface area contributed by atoms with Gasteiger partial charge in [-0.25, -0.2) is 4.68 Å². The zero-order valence-electron chi connectivity index (χ0n) is 7.38. The van der Waals surface area contributed by atoms with E-state index >= 15 is 0 Å². The quantitative estimate of drug-likeness (QED) is 0.907. The van der Waals surface area contributed by atoms with Crippen LogP contribution in [0.1, 0.15) is 16.7 Å². The smallest absolute Gasteiger partial charge is 0.131 e. The largest absolute Gasteiger partial charge is 0.381 e. The van der Waals surface area contributed by atoms with Crippen molar-refractivity contribution in [3.8, 4) is 0 Å². The fraction of sp³-hybridized carbons (Fsp3) is 0.250. The van der Waals surface area contributed by atoms with Crippen molar-refractivity contribution in [3.63, 3.8) is 0 Å². The molecule has 1 unspecified atom stereocenters. The lowest BCUT2D eigenvalue weighted by molar-refractivity contribution is 0.213. The van der Waals surface area contributed by atoms with Gasteiger partial charge in [0.05, 0.1) is 15.7 Å². The molecule has 2 aromatic heterocycles. The third-order valence-electron chi connectivity index (χ3n) is 1.89. The molecule has 4 nitrogen and oxygen atoms in total. The highest BCUT2D eigenvalue weighted by molar-refractivity contribution is 9.11. The van der Waals surface area contributed by atoms with Gasteiger partial charge < -0.3 is 5.11 Å². The number of aryl methyl sites for hydroxylation is 1. The van der Waals surface area contributed by atoms with E-state index in [4.69, 9.17) is 0 Å². The van der Waals surface area contributed by atoms with E-state index in [-0.39, 0.29) is 0 Å². The number of aliphatic hydroxyl groups excluding tert-OH is 1. The zero-order chi connectivity index (χ0) is 10.1. The summed E-state index contributed by atoms with van der Waals surface area (Å²) in [6.07, 6.45) is 0.921. The molecule has 0 saturated carbocycles. The zero-order valence-corrected chi connectivity index (χ0v) is 9.79. The number of aliphatic hydroxyl groups is 1. The summed E-state index contributed by atoms with van der Waals surface area (Å²) in [6, 6.07) is 3.79. The van der Waals surface area contributed by atoms with Crippen LogP contribution >= 0.6 is 27.3 Å². The molecule has 6 heteroatoms. The van der Waals surface area contributed by atoms with Gasteiger partial charge in [-0.1, -0.05) is 5.21 Å². The van der Waals surface area contributed by atoms with Crippen LogP contribution in [0.15, 0.2) is 22.1 Å². The van der Waals surface area contributed by atoms with Gasteiger partial charge in [0, 0.05) is 11.9 Å². The van der Waals surface area contributed by atoms with Crippen LogP contribution in [-0.4, -0.2) is 20.1 Å². The first-order valence-electron chi connectivity index (χ1n) is 3.96. The summed E-state index contributed by atoms with van der Waals surface area (Å²) in [5.41, 5.74) is 0.694. The third-order valence-corrected chi connectivity index (χ3v) is 3.57. The topological polar surface area (TPSA) is 50.9 Å². The van der Waals surface area contributed by atoms with E-state index in [1.165, 1.54) is 11.3 Å². The number of rotatable bonds is 2. The monoisotopic (exact) mass is 273 g/mol. The third kappa shape index (κ3) is 1.73. The van der Waals surface area contributed by atoms with Crippen molar-refractivity contribution in [2.75, 3.05) is 0 Å². The highest BCUT2D eigenvalue weighted by Crippen LogP contribution is 2.30. The van der Waals surface area contributed by atoms with Gasteiger partial charge >= 0.3 is 0 Å². The van der Waals surface area contributed by atoms with Crippen LogP contribution in [0.5, 0.6) is 0 Å². The van der Waals surface area contributed by atoms with E-state index in [1.807, 2.05) is 12.1 Å². The van der Waals surface area contributed by atoms with Crippen molar-refractivity contribution < 1.29 is 5.11 Å². The molecular formula is C8H8BrN3OS. The molecule has 0 aliphatic heterocycles. The van der Waals surface area contributed by atoms with Crippen LogP contribution in [0.3, 0.4) is 0 Å². The first kappa shape index (κ1) is 9.82. The Bertz CT molecular complexity index is 439. The van der Waals surface area contributed by atoms with Crippen LogP contribution in [0, 0.1) is 0 Å². The molecule has 1 N–H and O–H groups in total. The van der Waals surface area contributed by atoms with Gasteiger partial charge in [-0.15, -0.1) is 16.4 Å². The maximum absolute atomic E-state index is 9.96. The first-order valence-corrected chi connectivity index (χ1v) is 5.57. The number of halogens is 1. The Kier molecular flexibility index (Phi) is 2.66. The van der Waals surface area contributed by atoms with Crippen LogP contribution < -0.4 is 0 Å². The number of hydrogen-bond acceptors (Lipinski definition) is 4. The van der Waals surface area contributed by atoms with E-state index in [1.54, 1.807) is 17.9 Å². The Hall–Kier alpha value is -0.720. The number of thiophene rings is 1. The summed E-state index contributed by atoms with van der Waals surface area (Å²) in [7, 11) is 1.76. The molecule has 0 saturated heterocycles. The van der Waals surface area contributed by atoms with Crippen molar-refractivity contribution in [2.45, 2.75) is 6.10 Å². The molecular weight excluding hydrogens is 266 g/mol. The molecule has 1 atom stereocenters. The highest BCUT2D eigenvalue weighted by Gasteiger charge is 2.16. The molecule has 0 aromatic carbocycles. The standard InChI is InChI=1S/C8H8BrN3OS/c1-12-5(4-10-11-12)8(13)6-2-3-7(9)14-6/h2-4,8,13H,1H3. The summed E-state index contributed by atoms with van der Waals surface area (Å²) < 4.78 is 2.57. The highest BCUT2D eigenvalue weighted by atomic mass is 79.9. The molecule has 2 heterocycles. The van der Waals surface area contributed by atoms with Gasteiger partial charge in [-0.2, -0.15) is 0 Å². The second kappa shape index (κ2) is 3.80. The van der Waals surface area contributed by atoms with Crippen molar-refractivity contribution in [1.29, 1.82) is 0 Å². The van der Waals surface area contributed by atoms with E-state index in [9.17, 15) is 5.11 Å². The predicted octanol–water partition coefficient (Wildman–Crippen LogP) is 1.72. The minimum absolute atomic E-state index is 0.647. The Morgan fingerprint density at radius 1 is 1.57 bits per heavy atom. The second-order valence-corrected chi connectivity index (χ2v) is 5.32. The minimum Gasteiger partial charge on any atom is -0.381 e. The fourth-order valence-electron chi connectivity index (χ4n) is 1.17. The molecule has 74 valence electrons. The molecule has 0 fully saturated rings. The lowest BCUT2D eigenvalue weighted by Crippen LogP contribution is -2.04. The molecule has 14 heavy (non-hydrogen) atoms. The predicted molar refractivity (Wildman–Crippen MR) is 57.1 cm³/mol. The van der Waals surface area contributed by atoms with E-state index < -0.39 is 6.10 Å².